The van der Waals surface area contributed by atoms with Gasteiger partial charge in [-0.2, -0.15) is 11.8 Å². The molecule has 0 saturated heterocycles. The van der Waals surface area contributed by atoms with Gasteiger partial charge in [-0.05, 0) is 22.2 Å². The number of carbonyl (C=O) groups is 1. The lowest BCUT2D eigenvalue weighted by Gasteiger charge is -2.01. The molecule has 4 nitrogen and oxygen atoms in total. The van der Waals surface area contributed by atoms with Crippen molar-refractivity contribution in [2.75, 3.05) is 18.6 Å². The van der Waals surface area contributed by atoms with E-state index < -0.39 is 0 Å². The third-order valence-corrected chi connectivity index (χ3v) is 4.14. The molecule has 0 bridgehead atoms. The maximum Gasteiger partial charge on any atom is 0.272 e. The Hall–Kier alpha value is -0.530. The molecule has 2 aromatic rings. The van der Waals surface area contributed by atoms with Gasteiger partial charge in [0.15, 0.2) is 10.7 Å². The van der Waals surface area contributed by atoms with Crippen LogP contribution in [0, 0.1) is 0 Å². The van der Waals surface area contributed by atoms with Crippen molar-refractivity contribution in [3.05, 3.63) is 21.9 Å². The predicted octanol–water partition coefficient (Wildman–Crippen LogP) is 2.25. The first kappa shape index (κ1) is 11.9. The molecule has 0 spiro atoms. The van der Waals surface area contributed by atoms with Crippen LogP contribution >= 0.6 is 39.0 Å². The van der Waals surface area contributed by atoms with Gasteiger partial charge in [-0.1, -0.05) is 0 Å². The molecule has 0 unspecified atom stereocenters. The van der Waals surface area contributed by atoms with Crippen molar-refractivity contribution in [1.82, 2.24) is 14.7 Å². The summed E-state index contributed by atoms with van der Waals surface area (Å²) in [7, 11) is 0. The van der Waals surface area contributed by atoms with Crippen LogP contribution in [-0.2, 0) is 0 Å². The Morgan fingerprint density at radius 3 is 3.25 bits per heavy atom. The Morgan fingerprint density at radius 1 is 1.75 bits per heavy atom. The Kier molecular flexibility index (Phi) is 3.88. The van der Waals surface area contributed by atoms with Crippen LogP contribution in [0.1, 0.15) is 10.5 Å². The van der Waals surface area contributed by atoms with E-state index in [9.17, 15) is 4.79 Å². The van der Waals surface area contributed by atoms with E-state index >= 15 is 0 Å². The minimum Gasteiger partial charge on any atom is -0.350 e. The van der Waals surface area contributed by atoms with E-state index in [1.54, 1.807) is 11.8 Å². The zero-order valence-corrected chi connectivity index (χ0v) is 11.8. The van der Waals surface area contributed by atoms with Crippen molar-refractivity contribution in [3.8, 4) is 0 Å². The number of thiazole rings is 1. The molecule has 0 fully saturated rings. The third kappa shape index (κ3) is 2.26. The standard InChI is InChI=1S/C9H10BrN3OS2/c1-15-4-2-11-8(14)6-7(10)13-3-5-16-9(13)12-6/h3,5H,2,4H2,1H3,(H,11,14). The van der Waals surface area contributed by atoms with Crippen LogP contribution in [0.5, 0.6) is 0 Å². The second-order valence-electron chi connectivity index (χ2n) is 3.06. The molecular formula is C9H10BrN3OS2. The van der Waals surface area contributed by atoms with Crippen molar-refractivity contribution in [1.29, 1.82) is 0 Å². The van der Waals surface area contributed by atoms with Crippen molar-refractivity contribution < 1.29 is 4.79 Å². The summed E-state index contributed by atoms with van der Waals surface area (Å²) in [6.45, 7) is 0.664. The minimum atomic E-state index is -0.128. The number of imidazole rings is 1. The molecule has 0 aromatic carbocycles. The number of amides is 1. The normalized spacial score (nSPS) is 10.9. The van der Waals surface area contributed by atoms with Crippen LogP contribution in [0.4, 0.5) is 0 Å². The number of carbonyl (C=O) groups excluding carboxylic acids is 1. The zero-order valence-electron chi connectivity index (χ0n) is 8.57. The molecule has 0 atom stereocenters. The summed E-state index contributed by atoms with van der Waals surface area (Å²) in [5, 5.41) is 4.76. The highest BCUT2D eigenvalue weighted by molar-refractivity contribution is 9.10. The zero-order chi connectivity index (χ0) is 11.5. The fraction of sp³-hybridized carbons (Fsp3) is 0.333. The lowest BCUT2D eigenvalue weighted by atomic mass is 10.4. The van der Waals surface area contributed by atoms with E-state index in [2.05, 4.69) is 26.2 Å². The minimum absolute atomic E-state index is 0.128. The highest BCUT2D eigenvalue weighted by Crippen LogP contribution is 2.22. The van der Waals surface area contributed by atoms with Gasteiger partial charge in [-0.15, -0.1) is 11.3 Å². The third-order valence-electron chi connectivity index (χ3n) is 2.01. The van der Waals surface area contributed by atoms with Gasteiger partial charge in [0.2, 0.25) is 0 Å². The summed E-state index contributed by atoms with van der Waals surface area (Å²) in [6, 6.07) is 0. The largest absolute Gasteiger partial charge is 0.350 e. The van der Waals surface area contributed by atoms with Gasteiger partial charge < -0.3 is 5.32 Å². The summed E-state index contributed by atoms with van der Waals surface area (Å²) in [5.74, 6) is 0.780. The highest BCUT2D eigenvalue weighted by atomic mass is 79.9. The second kappa shape index (κ2) is 5.20. The fourth-order valence-electron chi connectivity index (χ4n) is 1.25. The highest BCUT2D eigenvalue weighted by Gasteiger charge is 2.16. The Morgan fingerprint density at radius 2 is 2.56 bits per heavy atom. The Balaban J connectivity index is 2.16. The van der Waals surface area contributed by atoms with Gasteiger partial charge >= 0.3 is 0 Å². The number of fused-ring (bicyclic) bond motifs is 1. The predicted molar refractivity (Wildman–Crippen MR) is 71.5 cm³/mol. The number of thioether (sulfide) groups is 1. The van der Waals surface area contributed by atoms with Crippen molar-refractivity contribution in [2.45, 2.75) is 0 Å². The van der Waals surface area contributed by atoms with Gasteiger partial charge in [-0.25, -0.2) is 4.98 Å². The number of rotatable bonds is 4. The van der Waals surface area contributed by atoms with E-state index in [1.807, 2.05) is 22.2 Å². The van der Waals surface area contributed by atoms with E-state index in [4.69, 9.17) is 0 Å². The smallest absolute Gasteiger partial charge is 0.272 e. The number of nitrogens with zero attached hydrogens (tertiary/aromatic N) is 2. The van der Waals surface area contributed by atoms with E-state index in [-0.39, 0.29) is 5.91 Å². The topological polar surface area (TPSA) is 46.4 Å². The van der Waals surface area contributed by atoms with Gasteiger partial charge in [-0.3, -0.25) is 9.20 Å². The molecule has 0 aliphatic carbocycles. The average Bonchev–Trinajstić information content (AvgIpc) is 2.82. The number of hydrogen-bond acceptors (Lipinski definition) is 4. The van der Waals surface area contributed by atoms with Crippen LogP contribution < -0.4 is 5.32 Å². The summed E-state index contributed by atoms with van der Waals surface area (Å²) in [4.78, 5) is 16.9. The monoisotopic (exact) mass is 319 g/mol. The maximum absolute atomic E-state index is 11.8. The first-order chi connectivity index (χ1) is 7.74. The number of halogens is 1. The van der Waals surface area contributed by atoms with Crippen LogP contribution in [0.3, 0.4) is 0 Å². The molecule has 2 heterocycles. The van der Waals surface area contributed by atoms with Gasteiger partial charge in [0.1, 0.15) is 4.60 Å². The molecule has 0 aliphatic heterocycles. The second-order valence-corrected chi connectivity index (χ2v) is 5.67. The Labute approximate surface area is 110 Å². The van der Waals surface area contributed by atoms with Gasteiger partial charge in [0.05, 0.1) is 0 Å². The molecule has 2 rings (SSSR count). The maximum atomic E-state index is 11.8. The first-order valence-corrected chi connectivity index (χ1v) is 7.69. The molecule has 0 saturated carbocycles. The van der Waals surface area contributed by atoms with Crippen molar-refractivity contribution in [3.63, 3.8) is 0 Å². The molecule has 16 heavy (non-hydrogen) atoms. The summed E-state index contributed by atoms with van der Waals surface area (Å²) < 4.78 is 2.57. The Bertz CT molecular complexity index is 508. The first-order valence-electron chi connectivity index (χ1n) is 4.62. The molecule has 0 aliphatic rings. The molecule has 1 N–H and O–H groups in total. The molecule has 86 valence electrons. The van der Waals surface area contributed by atoms with E-state index in [1.165, 1.54) is 11.3 Å². The van der Waals surface area contributed by atoms with Crippen LogP contribution in [-0.4, -0.2) is 33.8 Å². The number of aromatic nitrogens is 2. The van der Waals surface area contributed by atoms with Crippen LogP contribution in [0.25, 0.3) is 4.96 Å². The van der Waals surface area contributed by atoms with Gasteiger partial charge in [0.25, 0.3) is 5.91 Å². The van der Waals surface area contributed by atoms with Crippen LogP contribution in [0.2, 0.25) is 0 Å². The SMILES string of the molecule is CSCCNC(=O)c1nc2sccn2c1Br. The number of hydrogen-bond donors (Lipinski definition) is 1. The average molecular weight is 320 g/mol. The molecule has 1 amide bonds. The van der Waals surface area contributed by atoms with E-state index in [0.29, 0.717) is 16.8 Å². The lowest BCUT2D eigenvalue weighted by Crippen LogP contribution is -2.26. The molecule has 2 aromatic heterocycles. The summed E-state index contributed by atoms with van der Waals surface area (Å²) >= 11 is 6.59. The molecular weight excluding hydrogens is 310 g/mol. The molecule has 7 heteroatoms. The van der Waals surface area contributed by atoms with E-state index in [0.717, 1.165) is 10.7 Å². The summed E-state index contributed by atoms with van der Waals surface area (Å²) in [5.41, 5.74) is 0.452. The number of nitrogens with one attached hydrogen (secondary N) is 1. The van der Waals surface area contributed by atoms with Gasteiger partial charge in [0, 0.05) is 23.9 Å². The molecule has 0 radical (unpaired) electrons. The fourth-order valence-corrected chi connectivity index (χ4v) is 2.95. The van der Waals surface area contributed by atoms with Crippen molar-refractivity contribution in [2.24, 2.45) is 0 Å². The lowest BCUT2D eigenvalue weighted by molar-refractivity contribution is 0.0951. The quantitative estimate of drug-likeness (QED) is 0.879. The van der Waals surface area contributed by atoms with Crippen molar-refractivity contribution >= 4 is 49.9 Å². The van der Waals surface area contributed by atoms with Crippen LogP contribution in [0.15, 0.2) is 16.2 Å². The summed E-state index contributed by atoms with van der Waals surface area (Å²) in [6.07, 6.45) is 3.89.